The monoisotopic (exact) mass is 316 g/mol. The highest BCUT2D eigenvalue weighted by molar-refractivity contribution is 9.10. The highest BCUT2D eigenvalue weighted by Gasteiger charge is 2.10. The van der Waals surface area contributed by atoms with E-state index in [-0.39, 0.29) is 11.9 Å². The SMILES string of the molecule is CCN(CC)CCC(N)Cc1cc(Br)ccc1F. The number of rotatable bonds is 7. The van der Waals surface area contributed by atoms with Crippen LogP contribution in [0.1, 0.15) is 25.8 Å². The fourth-order valence-corrected chi connectivity index (χ4v) is 2.38. The molecular formula is C14H22BrFN2. The van der Waals surface area contributed by atoms with Crippen LogP contribution in [-0.4, -0.2) is 30.6 Å². The summed E-state index contributed by atoms with van der Waals surface area (Å²) in [5.74, 6) is -0.170. The van der Waals surface area contributed by atoms with Gasteiger partial charge in [-0.05, 0) is 56.2 Å². The summed E-state index contributed by atoms with van der Waals surface area (Å²) < 4.78 is 14.5. The predicted molar refractivity (Wildman–Crippen MR) is 78.2 cm³/mol. The lowest BCUT2D eigenvalue weighted by atomic mass is 10.0. The first-order valence-corrected chi connectivity index (χ1v) is 7.28. The molecule has 0 fully saturated rings. The Morgan fingerprint density at radius 3 is 2.61 bits per heavy atom. The zero-order valence-corrected chi connectivity index (χ0v) is 12.7. The molecule has 2 N–H and O–H groups in total. The van der Waals surface area contributed by atoms with Crippen molar-refractivity contribution < 1.29 is 4.39 Å². The summed E-state index contributed by atoms with van der Waals surface area (Å²) in [6, 6.07) is 5.01. The Kier molecular flexibility index (Phi) is 6.82. The second-order valence-electron chi connectivity index (χ2n) is 4.52. The lowest BCUT2D eigenvalue weighted by molar-refractivity contribution is 0.289. The molecule has 0 heterocycles. The third kappa shape index (κ3) is 5.04. The lowest BCUT2D eigenvalue weighted by Gasteiger charge is -2.20. The molecule has 1 aromatic carbocycles. The van der Waals surface area contributed by atoms with Gasteiger partial charge in [-0.2, -0.15) is 0 Å². The molecule has 4 heteroatoms. The average molecular weight is 317 g/mol. The van der Waals surface area contributed by atoms with Crippen molar-refractivity contribution in [3.63, 3.8) is 0 Å². The zero-order chi connectivity index (χ0) is 13.5. The van der Waals surface area contributed by atoms with Gasteiger partial charge < -0.3 is 10.6 Å². The van der Waals surface area contributed by atoms with E-state index in [2.05, 4.69) is 34.7 Å². The number of hydrogen-bond acceptors (Lipinski definition) is 2. The summed E-state index contributed by atoms with van der Waals surface area (Å²) in [6.45, 7) is 7.33. The minimum atomic E-state index is -0.170. The van der Waals surface area contributed by atoms with Gasteiger partial charge in [0.05, 0.1) is 0 Å². The maximum absolute atomic E-state index is 13.6. The van der Waals surface area contributed by atoms with E-state index in [9.17, 15) is 4.39 Å². The lowest BCUT2D eigenvalue weighted by Crippen LogP contribution is -2.31. The summed E-state index contributed by atoms with van der Waals surface area (Å²) in [6.07, 6.45) is 1.49. The summed E-state index contributed by atoms with van der Waals surface area (Å²) in [4.78, 5) is 2.33. The van der Waals surface area contributed by atoms with Crippen molar-refractivity contribution in [3.8, 4) is 0 Å². The molecule has 0 amide bonds. The number of nitrogens with zero attached hydrogens (tertiary/aromatic N) is 1. The van der Waals surface area contributed by atoms with Gasteiger partial charge in [0.1, 0.15) is 5.82 Å². The van der Waals surface area contributed by atoms with Crippen LogP contribution in [0.2, 0.25) is 0 Å². The van der Waals surface area contributed by atoms with E-state index in [4.69, 9.17) is 5.73 Å². The summed E-state index contributed by atoms with van der Waals surface area (Å²) in [5.41, 5.74) is 6.76. The van der Waals surface area contributed by atoms with Gasteiger partial charge in [-0.15, -0.1) is 0 Å². The van der Waals surface area contributed by atoms with Crippen LogP contribution in [0.15, 0.2) is 22.7 Å². The molecule has 0 radical (unpaired) electrons. The number of benzene rings is 1. The molecule has 1 atom stereocenters. The Hall–Kier alpha value is -0.450. The molecule has 0 aromatic heterocycles. The molecule has 0 saturated carbocycles. The van der Waals surface area contributed by atoms with Crippen molar-refractivity contribution >= 4 is 15.9 Å². The van der Waals surface area contributed by atoms with E-state index >= 15 is 0 Å². The molecule has 2 nitrogen and oxygen atoms in total. The molecule has 0 aliphatic rings. The van der Waals surface area contributed by atoms with Gasteiger partial charge in [0, 0.05) is 10.5 Å². The highest BCUT2D eigenvalue weighted by atomic mass is 79.9. The van der Waals surface area contributed by atoms with Crippen LogP contribution in [0.4, 0.5) is 4.39 Å². The molecule has 0 aliphatic heterocycles. The maximum atomic E-state index is 13.6. The molecule has 0 saturated heterocycles. The quantitative estimate of drug-likeness (QED) is 0.837. The predicted octanol–water partition coefficient (Wildman–Crippen LogP) is 3.19. The molecule has 102 valence electrons. The molecule has 0 bridgehead atoms. The van der Waals surface area contributed by atoms with E-state index < -0.39 is 0 Å². The van der Waals surface area contributed by atoms with Crippen LogP contribution < -0.4 is 5.73 Å². The molecule has 1 aromatic rings. The first-order chi connectivity index (χ1) is 8.56. The first kappa shape index (κ1) is 15.6. The van der Waals surface area contributed by atoms with E-state index in [0.29, 0.717) is 12.0 Å². The maximum Gasteiger partial charge on any atom is 0.126 e. The summed E-state index contributed by atoms with van der Waals surface area (Å²) >= 11 is 3.36. The minimum absolute atomic E-state index is 0.00870. The molecule has 1 rings (SSSR count). The fourth-order valence-electron chi connectivity index (χ4n) is 1.97. The minimum Gasteiger partial charge on any atom is -0.327 e. The van der Waals surface area contributed by atoms with Gasteiger partial charge in [0.2, 0.25) is 0 Å². The topological polar surface area (TPSA) is 29.3 Å². The normalized spacial score (nSPS) is 13.0. The van der Waals surface area contributed by atoms with Crippen molar-refractivity contribution in [2.45, 2.75) is 32.7 Å². The van der Waals surface area contributed by atoms with Crippen molar-refractivity contribution in [2.24, 2.45) is 5.73 Å². The second-order valence-corrected chi connectivity index (χ2v) is 5.43. The van der Waals surface area contributed by atoms with Crippen LogP contribution >= 0.6 is 15.9 Å². The van der Waals surface area contributed by atoms with Crippen LogP contribution in [-0.2, 0) is 6.42 Å². The van der Waals surface area contributed by atoms with Crippen molar-refractivity contribution in [1.82, 2.24) is 4.90 Å². The van der Waals surface area contributed by atoms with Crippen LogP contribution in [0, 0.1) is 5.82 Å². The Labute approximate surface area is 117 Å². The molecule has 1 unspecified atom stereocenters. The van der Waals surface area contributed by atoms with Gasteiger partial charge in [0.15, 0.2) is 0 Å². The molecule has 18 heavy (non-hydrogen) atoms. The van der Waals surface area contributed by atoms with Crippen LogP contribution in [0.3, 0.4) is 0 Å². The van der Waals surface area contributed by atoms with Gasteiger partial charge >= 0.3 is 0 Å². The Balaban J connectivity index is 2.48. The highest BCUT2D eigenvalue weighted by Crippen LogP contribution is 2.17. The number of nitrogens with two attached hydrogens (primary N) is 1. The number of halogens is 2. The third-order valence-corrected chi connectivity index (χ3v) is 3.69. The first-order valence-electron chi connectivity index (χ1n) is 6.48. The van der Waals surface area contributed by atoms with Crippen LogP contribution in [0.5, 0.6) is 0 Å². The van der Waals surface area contributed by atoms with Gasteiger partial charge in [-0.3, -0.25) is 0 Å². The van der Waals surface area contributed by atoms with Crippen molar-refractivity contribution in [1.29, 1.82) is 0 Å². The van der Waals surface area contributed by atoms with Crippen molar-refractivity contribution in [2.75, 3.05) is 19.6 Å². The summed E-state index contributed by atoms with van der Waals surface area (Å²) in [5, 5.41) is 0. The van der Waals surface area contributed by atoms with Gasteiger partial charge in [0.25, 0.3) is 0 Å². The molecule has 0 aliphatic carbocycles. The Morgan fingerprint density at radius 1 is 1.33 bits per heavy atom. The Bertz CT molecular complexity index is 367. The summed E-state index contributed by atoms with van der Waals surface area (Å²) in [7, 11) is 0. The smallest absolute Gasteiger partial charge is 0.126 e. The van der Waals surface area contributed by atoms with Crippen molar-refractivity contribution in [3.05, 3.63) is 34.1 Å². The standard InChI is InChI=1S/C14H22BrFN2/c1-3-18(4-2)8-7-13(17)10-11-9-12(15)5-6-14(11)16/h5-6,9,13H,3-4,7-8,10,17H2,1-2H3. The van der Waals surface area contributed by atoms with E-state index in [1.54, 1.807) is 6.07 Å². The zero-order valence-electron chi connectivity index (χ0n) is 11.1. The van der Waals surface area contributed by atoms with E-state index in [1.807, 2.05) is 6.07 Å². The largest absolute Gasteiger partial charge is 0.327 e. The molecular weight excluding hydrogens is 295 g/mol. The van der Waals surface area contributed by atoms with Crippen LogP contribution in [0.25, 0.3) is 0 Å². The Morgan fingerprint density at radius 2 is 2.00 bits per heavy atom. The van der Waals surface area contributed by atoms with Gasteiger partial charge in [-0.25, -0.2) is 4.39 Å². The fraction of sp³-hybridized carbons (Fsp3) is 0.571. The average Bonchev–Trinajstić information content (AvgIpc) is 2.35. The van der Waals surface area contributed by atoms with E-state index in [0.717, 1.165) is 30.5 Å². The second kappa shape index (κ2) is 7.87. The third-order valence-electron chi connectivity index (χ3n) is 3.20. The number of hydrogen-bond donors (Lipinski definition) is 1. The van der Waals surface area contributed by atoms with Gasteiger partial charge in [-0.1, -0.05) is 29.8 Å². The van der Waals surface area contributed by atoms with E-state index in [1.165, 1.54) is 6.07 Å². The molecule has 0 spiro atoms.